The minimum absolute atomic E-state index is 0.171. The molecule has 32 heavy (non-hydrogen) atoms. The number of carbonyl (C=O) groups excluding carboxylic acids is 1. The van der Waals surface area contributed by atoms with E-state index in [0.717, 1.165) is 23.0 Å². The van der Waals surface area contributed by atoms with Crippen molar-refractivity contribution in [3.63, 3.8) is 0 Å². The molecule has 0 saturated carbocycles. The van der Waals surface area contributed by atoms with Crippen LogP contribution >= 0.6 is 0 Å². The number of nitrogen functional groups attached to an aromatic ring is 1. The number of anilines is 1. The van der Waals surface area contributed by atoms with Gasteiger partial charge in [-0.1, -0.05) is 24.3 Å². The van der Waals surface area contributed by atoms with Gasteiger partial charge in [0.15, 0.2) is 0 Å². The van der Waals surface area contributed by atoms with Gasteiger partial charge in [0.2, 0.25) is 5.91 Å². The van der Waals surface area contributed by atoms with Gasteiger partial charge in [0.1, 0.15) is 11.6 Å². The van der Waals surface area contributed by atoms with Crippen LogP contribution in [0.3, 0.4) is 0 Å². The van der Waals surface area contributed by atoms with Crippen LogP contribution in [-0.4, -0.2) is 51.9 Å². The molecule has 0 bridgehead atoms. The number of fused-ring (bicyclic) bond motifs is 1. The average molecular weight is 441 g/mol. The van der Waals surface area contributed by atoms with Crippen molar-refractivity contribution in [3.8, 4) is 0 Å². The number of aromatic nitrogens is 2. The molecule has 0 atom stereocenters. The van der Waals surface area contributed by atoms with Crippen LogP contribution in [0.15, 0.2) is 54.6 Å². The second-order valence-corrected chi connectivity index (χ2v) is 7.60. The summed E-state index contributed by atoms with van der Waals surface area (Å²) < 4.78 is 37.9. The summed E-state index contributed by atoms with van der Waals surface area (Å²) in [6.45, 7) is 2.95. The van der Waals surface area contributed by atoms with Crippen molar-refractivity contribution in [2.75, 3.05) is 31.9 Å². The predicted molar refractivity (Wildman–Crippen MR) is 116 cm³/mol. The van der Waals surface area contributed by atoms with Gasteiger partial charge in [-0.3, -0.25) is 9.69 Å². The molecule has 2 heterocycles. The molecular formula is C23H22F3N5O. The van der Waals surface area contributed by atoms with Crippen molar-refractivity contribution in [3.05, 3.63) is 71.6 Å². The number of nitrogens with two attached hydrogens (primary N) is 1. The van der Waals surface area contributed by atoms with E-state index < -0.39 is 11.7 Å². The fourth-order valence-electron chi connectivity index (χ4n) is 3.60. The highest BCUT2D eigenvalue weighted by molar-refractivity contribution is 5.92. The molecule has 1 aliphatic rings. The lowest BCUT2D eigenvalue weighted by atomic mass is 10.1. The molecule has 4 rings (SSSR count). The van der Waals surface area contributed by atoms with Crippen LogP contribution in [0.5, 0.6) is 0 Å². The van der Waals surface area contributed by atoms with Gasteiger partial charge >= 0.3 is 6.18 Å². The van der Waals surface area contributed by atoms with Crippen molar-refractivity contribution >= 4 is 28.7 Å². The molecular weight excluding hydrogens is 419 g/mol. The molecule has 0 radical (unpaired) electrons. The van der Waals surface area contributed by atoms with Crippen LogP contribution in [0.4, 0.5) is 19.0 Å². The maximum atomic E-state index is 12.6. The third-order valence-corrected chi connectivity index (χ3v) is 5.38. The number of piperazine rings is 1. The number of nitrogens with zero attached hydrogens (tertiary/aromatic N) is 4. The summed E-state index contributed by atoms with van der Waals surface area (Å²) in [6.07, 6.45) is -1.45. The number of hydrogen-bond donors (Lipinski definition) is 1. The van der Waals surface area contributed by atoms with E-state index in [-0.39, 0.29) is 5.91 Å². The summed E-state index contributed by atoms with van der Waals surface area (Å²) in [5.74, 6) is 0.923. The number of amides is 1. The normalized spacial score (nSPS) is 15.5. The van der Waals surface area contributed by atoms with E-state index in [1.807, 2.05) is 24.3 Å². The van der Waals surface area contributed by atoms with Gasteiger partial charge in [-0.25, -0.2) is 9.97 Å². The van der Waals surface area contributed by atoms with Gasteiger partial charge in [0.25, 0.3) is 0 Å². The molecule has 166 valence electrons. The van der Waals surface area contributed by atoms with Gasteiger partial charge < -0.3 is 10.6 Å². The van der Waals surface area contributed by atoms with Crippen LogP contribution in [0, 0.1) is 0 Å². The van der Waals surface area contributed by atoms with E-state index in [4.69, 9.17) is 5.73 Å². The summed E-state index contributed by atoms with van der Waals surface area (Å²) in [4.78, 5) is 25.3. The summed E-state index contributed by atoms with van der Waals surface area (Å²) in [6, 6.07) is 12.3. The first-order valence-electron chi connectivity index (χ1n) is 10.2. The van der Waals surface area contributed by atoms with Crippen LogP contribution < -0.4 is 5.73 Å². The molecule has 0 unspecified atom stereocenters. The SMILES string of the molecule is Nc1nc(CN2CCN(C(=O)/C=C/c3ccc(C(F)(F)F)cc3)CC2)nc2ccccc12. The highest BCUT2D eigenvalue weighted by atomic mass is 19.4. The Balaban J connectivity index is 1.31. The maximum absolute atomic E-state index is 12.6. The fourth-order valence-corrected chi connectivity index (χ4v) is 3.60. The number of benzene rings is 2. The van der Waals surface area contributed by atoms with Gasteiger partial charge in [0, 0.05) is 37.6 Å². The van der Waals surface area contributed by atoms with Crippen LogP contribution in [-0.2, 0) is 17.5 Å². The zero-order valence-corrected chi connectivity index (χ0v) is 17.2. The van der Waals surface area contributed by atoms with Crippen molar-refractivity contribution in [2.24, 2.45) is 0 Å². The Bertz CT molecular complexity index is 1140. The lowest BCUT2D eigenvalue weighted by Crippen LogP contribution is -2.48. The summed E-state index contributed by atoms with van der Waals surface area (Å²) in [7, 11) is 0. The van der Waals surface area contributed by atoms with Crippen LogP contribution in [0.1, 0.15) is 17.0 Å². The van der Waals surface area contributed by atoms with E-state index in [2.05, 4.69) is 14.9 Å². The monoisotopic (exact) mass is 441 g/mol. The van der Waals surface area contributed by atoms with Gasteiger partial charge in [0.05, 0.1) is 17.6 Å². The summed E-state index contributed by atoms with van der Waals surface area (Å²) in [5.41, 5.74) is 6.68. The Labute approximate surface area is 183 Å². The highest BCUT2D eigenvalue weighted by Crippen LogP contribution is 2.29. The number of halogens is 3. The van der Waals surface area contributed by atoms with E-state index in [1.54, 1.807) is 4.90 Å². The Kier molecular flexibility index (Phi) is 6.09. The molecule has 0 spiro atoms. The fraction of sp³-hybridized carbons (Fsp3) is 0.261. The first-order valence-corrected chi connectivity index (χ1v) is 10.2. The first kappa shape index (κ1) is 21.8. The number of hydrogen-bond acceptors (Lipinski definition) is 5. The first-order chi connectivity index (χ1) is 15.3. The topological polar surface area (TPSA) is 75.3 Å². The molecule has 3 aromatic rings. The number of alkyl halides is 3. The molecule has 2 N–H and O–H groups in total. The Hall–Kier alpha value is -3.46. The minimum Gasteiger partial charge on any atom is -0.383 e. The lowest BCUT2D eigenvalue weighted by molar-refractivity contribution is -0.137. The standard InChI is InChI=1S/C23H22F3N5O/c24-23(25,26)17-8-5-16(6-9-17)7-10-21(32)31-13-11-30(12-14-31)15-20-28-19-4-2-1-3-18(19)22(27)29-20/h1-10H,11-15H2,(H2,27,28,29)/b10-7+. The van der Waals surface area contributed by atoms with Gasteiger partial charge in [-0.05, 0) is 35.9 Å². The van der Waals surface area contributed by atoms with Crippen molar-refractivity contribution < 1.29 is 18.0 Å². The molecule has 1 aliphatic heterocycles. The molecule has 0 aliphatic carbocycles. The Morgan fingerprint density at radius 2 is 1.69 bits per heavy atom. The third-order valence-electron chi connectivity index (χ3n) is 5.38. The molecule has 6 nitrogen and oxygen atoms in total. The number of para-hydroxylation sites is 1. The molecule has 1 fully saturated rings. The molecule has 1 amide bonds. The van der Waals surface area contributed by atoms with Gasteiger partial charge in [-0.2, -0.15) is 13.2 Å². The van der Waals surface area contributed by atoms with Crippen molar-refractivity contribution in [2.45, 2.75) is 12.7 Å². The number of rotatable bonds is 4. The quantitative estimate of drug-likeness (QED) is 0.627. The highest BCUT2D eigenvalue weighted by Gasteiger charge is 2.29. The van der Waals surface area contributed by atoms with E-state index >= 15 is 0 Å². The smallest absolute Gasteiger partial charge is 0.383 e. The lowest BCUT2D eigenvalue weighted by Gasteiger charge is -2.33. The average Bonchev–Trinajstić information content (AvgIpc) is 2.78. The second-order valence-electron chi connectivity index (χ2n) is 7.60. The molecule has 1 saturated heterocycles. The van der Waals surface area contributed by atoms with Crippen LogP contribution in [0.2, 0.25) is 0 Å². The van der Waals surface area contributed by atoms with Crippen LogP contribution in [0.25, 0.3) is 17.0 Å². The molecule has 1 aromatic heterocycles. The van der Waals surface area contributed by atoms with E-state index in [9.17, 15) is 18.0 Å². The zero-order chi connectivity index (χ0) is 22.7. The zero-order valence-electron chi connectivity index (χ0n) is 17.2. The largest absolute Gasteiger partial charge is 0.416 e. The third kappa shape index (κ3) is 5.05. The number of carbonyl (C=O) groups is 1. The van der Waals surface area contributed by atoms with E-state index in [0.29, 0.717) is 49.9 Å². The molecule has 2 aromatic carbocycles. The van der Waals surface area contributed by atoms with Gasteiger partial charge in [-0.15, -0.1) is 0 Å². The molecule has 9 heteroatoms. The Morgan fingerprint density at radius 1 is 1.00 bits per heavy atom. The predicted octanol–water partition coefficient (Wildman–Crippen LogP) is 3.59. The minimum atomic E-state index is -4.37. The van der Waals surface area contributed by atoms with Crippen molar-refractivity contribution in [1.82, 2.24) is 19.8 Å². The Morgan fingerprint density at radius 3 is 2.38 bits per heavy atom. The second kappa shape index (κ2) is 8.96. The van der Waals surface area contributed by atoms with E-state index in [1.165, 1.54) is 24.3 Å². The summed E-state index contributed by atoms with van der Waals surface area (Å²) in [5, 5.41) is 0.825. The maximum Gasteiger partial charge on any atom is 0.416 e. The van der Waals surface area contributed by atoms with Crippen molar-refractivity contribution in [1.29, 1.82) is 0 Å². The summed E-state index contributed by atoms with van der Waals surface area (Å²) >= 11 is 0.